The van der Waals surface area contributed by atoms with Gasteiger partial charge in [-0.3, -0.25) is 9.78 Å². The number of carbonyl (C=O) groups is 1. The van der Waals surface area contributed by atoms with Crippen molar-refractivity contribution in [2.75, 3.05) is 23.7 Å². The number of carbonyl (C=O) groups excluding carboxylic acids is 1. The molecule has 1 fully saturated rings. The fraction of sp³-hybridized carbons (Fsp3) is 0.333. The van der Waals surface area contributed by atoms with E-state index in [0.717, 1.165) is 41.8 Å². The molecule has 3 rings (SSSR count). The molecule has 1 aliphatic heterocycles. The van der Waals surface area contributed by atoms with E-state index in [-0.39, 0.29) is 5.91 Å². The standard InChI is InChI=1S/C15H18N4O/c1-10(20)18-14-5-4-13(19-11-6-8-16-9-11)12-3-2-7-17-15(12)14/h2-5,7,11,16,19H,6,8-9H2,1H3,(H,18,20). The van der Waals surface area contributed by atoms with E-state index in [1.165, 1.54) is 6.92 Å². The minimum Gasteiger partial charge on any atom is -0.380 e. The van der Waals surface area contributed by atoms with Crippen molar-refractivity contribution in [3.63, 3.8) is 0 Å². The largest absolute Gasteiger partial charge is 0.380 e. The number of benzene rings is 1. The van der Waals surface area contributed by atoms with Crippen molar-refractivity contribution in [3.8, 4) is 0 Å². The van der Waals surface area contributed by atoms with Crippen LogP contribution in [0.5, 0.6) is 0 Å². The van der Waals surface area contributed by atoms with Crippen molar-refractivity contribution in [2.24, 2.45) is 0 Å². The minimum absolute atomic E-state index is 0.0855. The second-order valence-corrected chi connectivity index (χ2v) is 5.08. The van der Waals surface area contributed by atoms with Crippen LogP contribution in [0.1, 0.15) is 13.3 Å². The van der Waals surface area contributed by atoms with Crippen LogP contribution in [0.15, 0.2) is 30.5 Å². The van der Waals surface area contributed by atoms with E-state index in [1.54, 1.807) is 6.20 Å². The quantitative estimate of drug-likeness (QED) is 0.797. The molecule has 1 saturated heterocycles. The molecule has 1 aliphatic rings. The average Bonchev–Trinajstić information content (AvgIpc) is 2.94. The van der Waals surface area contributed by atoms with E-state index in [9.17, 15) is 4.79 Å². The van der Waals surface area contributed by atoms with Crippen LogP contribution in [0.25, 0.3) is 10.9 Å². The maximum Gasteiger partial charge on any atom is 0.221 e. The third-order valence-corrected chi connectivity index (χ3v) is 3.50. The summed E-state index contributed by atoms with van der Waals surface area (Å²) < 4.78 is 0. The molecule has 104 valence electrons. The molecule has 0 saturated carbocycles. The highest BCUT2D eigenvalue weighted by atomic mass is 16.1. The summed E-state index contributed by atoms with van der Waals surface area (Å²) in [5.74, 6) is -0.0855. The average molecular weight is 270 g/mol. The van der Waals surface area contributed by atoms with Gasteiger partial charge in [-0.1, -0.05) is 0 Å². The Kier molecular flexibility index (Phi) is 3.52. The Balaban J connectivity index is 1.99. The zero-order chi connectivity index (χ0) is 13.9. The summed E-state index contributed by atoms with van der Waals surface area (Å²) in [4.78, 5) is 15.7. The molecule has 20 heavy (non-hydrogen) atoms. The lowest BCUT2D eigenvalue weighted by Crippen LogP contribution is -2.22. The van der Waals surface area contributed by atoms with Crippen LogP contribution < -0.4 is 16.0 Å². The highest BCUT2D eigenvalue weighted by molar-refractivity contribution is 6.04. The van der Waals surface area contributed by atoms with Gasteiger partial charge in [0.05, 0.1) is 11.2 Å². The molecular formula is C15H18N4O. The third-order valence-electron chi connectivity index (χ3n) is 3.50. The van der Waals surface area contributed by atoms with Crippen LogP contribution in [0.2, 0.25) is 0 Å². The lowest BCUT2D eigenvalue weighted by molar-refractivity contribution is -0.114. The smallest absolute Gasteiger partial charge is 0.221 e. The maximum atomic E-state index is 11.3. The first kappa shape index (κ1) is 12.9. The number of nitrogens with one attached hydrogen (secondary N) is 3. The third kappa shape index (κ3) is 2.58. The summed E-state index contributed by atoms with van der Waals surface area (Å²) in [5, 5.41) is 10.8. The summed E-state index contributed by atoms with van der Waals surface area (Å²) in [6, 6.07) is 8.30. The number of rotatable bonds is 3. The highest BCUT2D eigenvalue weighted by Crippen LogP contribution is 2.29. The van der Waals surface area contributed by atoms with Gasteiger partial charge in [-0.15, -0.1) is 0 Å². The van der Waals surface area contributed by atoms with Crippen molar-refractivity contribution in [2.45, 2.75) is 19.4 Å². The van der Waals surface area contributed by atoms with Crippen molar-refractivity contribution in [1.29, 1.82) is 0 Å². The first-order valence-corrected chi connectivity index (χ1v) is 6.86. The predicted octanol–water partition coefficient (Wildman–Crippen LogP) is 1.97. The van der Waals surface area contributed by atoms with Gasteiger partial charge in [0.2, 0.25) is 5.91 Å². The number of amides is 1. The number of nitrogens with zero attached hydrogens (tertiary/aromatic N) is 1. The monoisotopic (exact) mass is 270 g/mol. The second kappa shape index (κ2) is 5.46. The van der Waals surface area contributed by atoms with Crippen LogP contribution in [0, 0.1) is 0 Å². The zero-order valence-electron chi connectivity index (χ0n) is 11.4. The summed E-state index contributed by atoms with van der Waals surface area (Å²) in [7, 11) is 0. The summed E-state index contributed by atoms with van der Waals surface area (Å²) in [6.45, 7) is 3.54. The normalized spacial score (nSPS) is 18.1. The van der Waals surface area contributed by atoms with Crippen LogP contribution in [0.3, 0.4) is 0 Å². The topological polar surface area (TPSA) is 66.1 Å². The van der Waals surface area contributed by atoms with E-state index in [0.29, 0.717) is 6.04 Å². The molecule has 0 bridgehead atoms. The van der Waals surface area contributed by atoms with E-state index >= 15 is 0 Å². The lowest BCUT2D eigenvalue weighted by Gasteiger charge is -2.16. The van der Waals surface area contributed by atoms with Crippen LogP contribution in [-0.2, 0) is 4.79 Å². The molecule has 3 N–H and O–H groups in total. The molecule has 1 aromatic carbocycles. The van der Waals surface area contributed by atoms with Crippen molar-refractivity contribution >= 4 is 28.2 Å². The minimum atomic E-state index is -0.0855. The molecule has 1 amide bonds. The van der Waals surface area contributed by atoms with Crippen LogP contribution in [-0.4, -0.2) is 30.0 Å². The van der Waals surface area contributed by atoms with Gasteiger partial charge in [0.15, 0.2) is 0 Å². The Hall–Kier alpha value is -2.14. The van der Waals surface area contributed by atoms with Crippen LogP contribution >= 0.6 is 0 Å². The molecule has 0 radical (unpaired) electrons. The molecule has 2 heterocycles. The summed E-state index contributed by atoms with van der Waals surface area (Å²) >= 11 is 0. The van der Waals surface area contributed by atoms with E-state index < -0.39 is 0 Å². The van der Waals surface area contributed by atoms with Crippen molar-refractivity contribution in [3.05, 3.63) is 30.5 Å². The van der Waals surface area contributed by atoms with Gasteiger partial charge in [-0.25, -0.2) is 0 Å². The maximum absolute atomic E-state index is 11.3. The number of anilines is 2. The van der Waals surface area contributed by atoms with E-state index in [1.807, 2.05) is 24.3 Å². The van der Waals surface area contributed by atoms with Gasteiger partial charge in [-0.05, 0) is 37.2 Å². The molecule has 2 aromatic rings. The molecule has 0 spiro atoms. The summed E-state index contributed by atoms with van der Waals surface area (Å²) in [6.07, 6.45) is 2.86. The van der Waals surface area contributed by atoms with Gasteiger partial charge < -0.3 is 16.0 Å². The zero-order valence-corrected chi connectivity index (χ0v) is 11.4. The van der Waals surface area contributed by atoms with Crippen molar-refractivity contribution in [1.82, 2.24) is 10.3 Å². The Morgan fingerprint density at radius 1 is 1.35 bits per heavy atom. The number of fused-ring (bicyclic) bond motifs is 1. The van der Waals surface area contributed by atoms with Gasteiger partial charge in [0.25, 0.3) is 0 Å². The Labute approximate surface area is 117 Å². The highest BCUT2D eigenvalue weighted by Gasteiger charge is 2.16. The number of hydrogen-bond donors (Lipinski definition) is 3. The number of hydrogen-bond acceptors (Lipinski definition) is 4. The van der Waals surface area contributed by atoms with E-state index in [2.05, 4.69) is 20.9 Å². The fourth-order valence-corrected chi connectivity index (χ4v) is 2.59. The molecular weight excluding hydrogens is 252 g/mol. The molecule has 5 heteroatoms. The molecule has 0 aliphatic carbocycles. The summed E-state index contributed by atoms with van der Waals surface area (Å²) in [5.41, 5.74) is 2.64. The van der Waals surface area contributed by atoms with Gasteiger partial charge in [0.1, 0.15) is 0 Å². The van der Waals surface area contributed by atoms with Crippen LogP contribution in [0.4, 0.5) is 11.4 Å². The molecule has 1 aromatic heterocycles. The molecule has 1 atom stereocenters. The van der Waals surface area contributed by atoms with Gasteiger partial charge in [-0.2, -0.15) is 0 Å². The lowest BCUT2D eigenvalue weighted by atomic mass is 10.1. The first-order chi connectivity index (χ1) is 9.74. The van der Waals surface area contributed by atoms with Gasteiger partial charge in [0, 0.05) is 36.8 Å². The van der Waals surface area contributed by atoms with Crippen molar-refractivity contribution < 1.29 is 4.79 Å². The number of aromatic nitrogens is 1. The first-order valence-electron chi connectivity index (χ1n) is 6.86. The van der Waals surface area contributed by atoms with E-state index in [4.69, 9.17) is 0 Å². The Bertz CT molecular complexity index is 635. The Morgan fingerprint density at radius 3 is 2.95 bits per heavy atom. The fourth-order valence-electron chi connectivity index (χ4n) is 2.59. The number of pyridine rings is 1. The predicted molar refractivity (Wildman–Crippen MR) is 80.9 cm³/mol. The molecule has 5 nitrogen and oxygen atoms in total. The van der Waals surface area contributed by atoms with Gasteiger partial charge >= 0.3 is 0 Å². The SMILES string of the molecule is CC(=O)Nc1ccc(NC2CCNC2)c2cccnc12. The Morgan fingerprint density at radius 2 is 2.20 bits per heavy atom. The molecule has 1 unspecified atom stereocenters. The second-order valence-electron chi connectivity index (χ2n) is 5.08.